The molecule has 1 aliphatic heterocycles. The summed E-state index contributed by atoms with van der Waals surface area (Å²) in [6.07, 6.45) is 0.108. The maximum Gasteiger partial charge on any atom is 0.228 e. The first-order valence-corrected chi connectivity index (χ1v) is 8.52. The number of nitrogens with zero attached hydrogens (tertiary/aromatic N) is 2. The standard InChI is InChI=1S/C18H21F2N3O3/c1-11-8-17(22-26-11)21-18(25)12-4-6-23(7-5-12)10-16(24)14-9-13(19)2-3-15(14)20/h2-3,8-9,12,16,24H,4-7,10H2,1H3,(H,21,22,25)/t16-/m0/s1. The first-order chi connectivity index (χ1) is 12.4. The predicted octanol–water partition coefficient (Wildman–Crippen LogP) is 2.65. The Morgan fingerprint density at radius 2 is 2.12 bits per heavy atom. The summed E-state index contributed by atoms with van der Waals surface area (Å²) in [6.45, 7) is 3.11. The number of aliphatic hydroxyl groups excluding tert-OH is 1. The van der Waals surface area contributed by atoms with Crippen LogP contribution in [-0.4, -0.2) is 40.7 Å². The van der Waals surface area contributed by atoms with E-state index in [2.05, 4.69) is 10.5 Å². The molecule has 8 heteroatoms. The SMILES string of the molecule is Cc1cc(NC(=O)C2CCN(C[C@H](O)c3cc(F)ccc3F)CC2)no1. The van der Waals surface area contributed by atoms with Crippen molar-refractivity contribution in [1.29, 1.82) is 0 Å². The van der Waals surface area contributed by atoms with Crippen molar-refractivity contribution in [3.8, 4) is 0 Å². The van der Waals surface area contributed by atoms with Gasteiger partial charge in [0.05, 0.1) is 6.10 Å². The van der Waals surface area contributed by atoms with Crippen LogP contribution in [0, 0.1) is 24.5 Å². The number of aliphatic hydroxyl groups is 1. The summed E-state index contributed by atoms with van der Waals surface area (Å²) in [6, 6.07) is 4.69. The molecular formula is C18H21F2N3O3. The van der Waals surface area contributed by atoms with Gasteiger partial charge < -0.3 is 19.8 Å². The highest BCUT2D eigenvalue weighted by molar-refractivity contribution is 5.91. The van der Waals surface area contributed by atoms with E-state index < -0.39 is 17.7 Å². The first-order valence-electron chi connectivity index (χ1n) is 8.52. The molecule has 1 amide bonds. The van der Waals surface area contributed by atoms with Crippen molar-refractivity contribution in [1.82, 2.24) is 10.1 Å². The molecule has 3 rings (SSSR count). The number of benzene rings is 1. The summed E-state index contributed by atoms with van der Waals surface area (Å²) in [7, 11) is 0. The molecule has 1 aliphatic rings. The van der Waals surface area contributed by atoms with Crippen LogP contribution in [0.15, 0.2) is 28.8 Å². The van der Waals surface area contributed by atoms with Gasteiger partial charge in [-0.25, -0.2) is 8.78 Å². The van der Waals surface area contributed by atoms with E-state index in [1.54, 1.807) is 13.0 Å². The summed E-state index contributed by atoms with van der Waals surface area (Å²) in [5, 5.41) is 16.7. The maximum atomic E-state index is 13.7. The smallest absolute Gasteiger partial charge is 0.228 e. The van der Waals surface area contributed by atoms with Crippen LogP contribution in [0.1, 0.15) is 30.3 Å². The van der Waals surface area contributed by atoms with Crippen molar-refractivity contribution in [3.05, 3.63) is 47.2 Å². The molecule has 0 bridgehead atoms. The number of nitrogens with one attached hydrogen (secondary N) is 1. The number of likely N-dealkylation sites (tertiary alicyclic amines) is 1. The van der Waals surface area contributed by atoms with Gasteiger partial charge in [0.2, 0.25) is 5.91 Å². The number of β-amino-alcohol motifs (C(OH)–C–C–N with tert-alkyl or cyclic N) is 1. The summed E-state index contributed by atoms with van der Waals surface area (Å²) in [5.41, 5.74) is -0.0498. The molecule has 0 saturated carbocycles. The van der Waals surface area contributed by atoms with E-state index >= 15 is 0 Å². The predicted molar refractivity (Wildman–Crippen MR) is 90.4 cm³/mol. The van der Waals surface area contributed by atoms with E-state index in [9.17, 15) is 18.7 Å². The molecule has 0 aliphatic carbocycles. The van der Waals surface area contributed by atoms with Gasteiger partial charge in [0.1, 0.15) is 17.4 Å². The van der Waals surface area contributed by atoms with E-state index in [4.69, 9.17) is 4.52 Å². The van der Waals surface area contributed by atoms with Crippen molar-refractivity contribution in [2.24, 2.45) is 5.92 Å². The van der Waals surface area contributed by atoms with Crippen LogP contribution in [-0.2, 0) is 4.79 Å². The quantitative estimate of drug-likeness (QED) is 0.852. The lowest BCUT2D eigenvalue weighted by Crippen LogP contribution is -2.40. The van der Waals surface area contributed by atoms with Crippen LogP contribution < -0.4 is 5.32 Å². The van der Waals surface area contributed by atoms with E-state index in [-0.39, 0.29) is 23.9 Å². The average molecular weight is 365 g/mol. The third-order valence-electron chi connectivity index (χ3n) is 4.59. The molecule has 1 fully saturated rings. The van der Waals surface area contributed by atoms with Crippen LogP contribution in [0.3, 0.4) is 0 Å². The Hall–Kier alpha value is -2.32. The third kappa shape index (κ3) is 4.44. The van der Waals surface area contributed by atoms with Crippen LogP contribution in [0.4, 0.5) is 14.6 Å². The van der Waals surface area contributed by atoms with E-state index in [1.807, 2.05) is 4.90 Å². The Morgan fingerprint density at radius 1 is 1.38 bits per heavy atom. The molecule has 1 aromatic carbocycles. The fourth-order valence-electron chi connectivity index (χ4n) is 3.14. The highest BCUT2D eigenvalue weighted by Crippen LogP contribution is 2.24. The highest BCUT2D eigenvalue weighted by Gasteiger charge is 2.27. The molecule has 0 spiro atoms. The Morgan fingerprint density at radius 3 is 2.77 bits per heavy atom. The van der Waals surface area contributed by atoms with E-state index in [1.165, 1.54) is 0 Å². The molecular weight excluding hydrogens is 344 g/mol. The molecule has 0 unspecified atom stereocenters. The summed E-state index contributed by atoms with van der Waals surface area (Å²) < 4.78 is 31.9. The van der Waals surface area contributed by atoms with Gasteiger partial charge in [-0.1, -0.05) is 5.16 Å². The average Bonchev–Trinajstić information content (AvgIpc) is 3.02. The van der Waals surface area contributed by atoms with Gasteiger partial charge in [0, 0.05) is 24.1 Å². The van der Waals surface area contributed by atoms with E-state index in [0.717, 1.165) is 18.2 Å². The number of halogens is 2. The fourth-order valence-corrected chi connectivity index (χ4v) is 3.14. The molecule has 2 heterocycles. The summed E-state index contributed by atoms with van der Waals surface area (Å²) in [4.78, 5) is 14.2. The maximum absolute atomic E-state index is 13.7. The fraction of sp³-hybridized carbons (Fsp3) is 0.444. The van der Waals surface area contributed by atoms with Gasteiger partial charge in [-0.15, -0.1) is 0 Å². The zero-order valence-corrected chi connectivity index (χ0v) is 14.4. The Bertz CT molecular complexity index is 773. The molecule has 0 radical (unpaired) electrons. The van der Waals surface area contributed by atoms with E-state index in [0.29, 0.717) is 37.5 Å². The molecule has 1 saturated heterocycles. The molecule has 6 nitrogen and oxygen atoms in total. The number of anilines is 1. The number of rotatable bonds is 5. The topological polar surface area (TPSA) is 78.6 Å². The number of carbonyl (C=O) groups excluding carboxylic acids is 1. The number of piperidine rings is 1. The van der Waals surface area contributed by atoms with Gasteiger partial charge in [-0.3, -0.25) is 4.79 Å². The van der Waals surface area contributed by atoms with Crippen LogP contribution >= 0.6 is 0 Å². The zero-order chi connectivity index (χ0) is 18.7. The summed E-state index contributed by atoms with van der Waals surface area (Å²) >= 11 is 0. The van der Waals surface area contributed by atoms with Gasteiger partial charge in [-0.05, 0) is 51.1 Å². The molecule has 2 N–H and O–H groups in total. The minimum absolute atomic E-state index is 0.0498. The molecule has 1 aromatic heterocycles. The number of aromatic nitrogens is 1. The lowest BCUT2D eigenvalue weighted by Gasteiger charge is -2.32. The second kappa shape index (κ2) is 7.92. The first kappa shape index (κ1) is 18.5. The molecule has 1 atom stereocenters. The lowest BCUT2D eigenvalue weighted by molar-refractivity contribution is -0.121. The number of hydrogen-bond acceptors (Lipinski definition) is 5. The third-order valence-corrected chi connectivity index (χ3v) is 4.59. The minimum Gasteiger partial charge on any atom is -0.387 e. The summed E-state index contributed by atoms with van der Waals surface area (Å²) in [5.74, 6) is -0.475. The lowest BCUT2D eigenvalue weighted by atomic mass is 9.95. The zero-order valence-electron chi connectivity index (χ0n) is 14.4. The monoisotopic (exact) mass is 365 g/mol. The Balaban J connectivity index is 1.50. The van der Waals surface area contributed by atoms with Crippen LogP contribution in [0.5, 0.6) is 0 Å². The van der Waals surface area contributed by atoms with Gasteiger partial charge in [0.15, 0.2) is 5.82 Å². The number of hydrogen-bond donors (Lipinski definition) is 2. The Kier molecular flexibility index (Phi) is 5.63. The number of aryl methyl sites for hydroxylation is 1. The van der Waals surface area contributed by atoms with Crippen molar-refractivity contribution >= 4 is 11.7 Å². The van der Waals surface area contributed by atoms with Gasteiger partial charge >= 0.3 is 0 Å². The van der Waals surface area contributed by atoms with Crippen molar-refractivity contribution < 1.29 is 23.2 Å². The highest BCUT2D eigenvalue weighted by atomic mass is 19.1. The minimum atomic E-state index is -1.12. The van der Waals surface area contributed by atoms with Gasteiger partial charge in [0.25, 0.3) is 0 Å². The normalized spacial score (nSPS) is 17.2. The van der Waals surface area contributed by atoms with Crippen molar-refractivity contribution in [2.45, 2.75) is 25.9 Å². The molecule has 2 aromatic rings. The molecule has 26 heavy (non-hydrogen) atoms. The Labute approximate surface area is 149 Å². The molecule has 140 valence electrons. The largest absolute Gasteiger partial charge is 0.387 e. The number of amides is 1. The van der Waals surface area contributed by atoms with Gasteiger partial charge in [-0.2, -0.15) is 0 Å². The van der Waals surface area contributed by atoms with Crippen LogP contribution in [0.25, 0.3) is 0 Å². The second-order valence-electron chi connectivity index (χ2n) is 6.57. The second-order valence-corrected chi connectivity index (χ2v) is 6.57. The number of carbonyl (C=O) groups is 1. The van der Waals surface area contributed by atoms with Crippen molar-refractivity contribution in [3.63, 3.8) is 0 Å². The van der Waals surface area contributed by atoms with Crippen molar-refractivity contribution in [2.75, 3.05) is 25.0 Å². The van der Waals surface area contributed by atoms with Crippen LogP contribution in [0.2, 0.25) is 0 Å².